The Balaban J connectivity index is 2.32. The summed E-state index contributed by atoms with van der Waals surface area (Å²) >= 11 is 6.16. The van der Waals surface area contributed by atoms with Gasteiger partial charge in [-0.3, -0.25) is 4.79 Å². The lowest BCUT2D eigenvalue weighted by atomic mass is 9.81. The van der Waals surface area contributed by atoms with Crippen LogP contribution in [0.1, 0.15) is 17.9 Å². The second-order valence-corrected chi connectivity index (χ2v) is 5.03. The highest BCUT2D eigenvalue weighted by Gasteiger charge is 2.34. The molecule has 4 heteroatoms. The molecule has 1 aromatic carbocycles. The predicted octanol–water partition coefficient (Wildman–Crippen LogP) is 2.46. The molecule has 1 N–H and O–H groups in total. The summed E-state index contributed by atoms with van der Waals surface area (Å²) in [4.78, 5) is 13.5. The van der Waals surface area contributed by atoms with Crippen LogP contribution in [0.2, 0.25) is 5.02 Å². The van der Waals surface area contributed by atoms with Crippen molar-refractivity contribution in [2.75, 3.05) is 20.1 Å². The van der Waals surface area contributed by atoms with E-state index in [1.807, 2.05) is 31.3 Å². The molecule has 2 atom stereocenters. The van der Waals surface area contributed by atoms with Crippen LogP contribution in [0.5, 0.6) is 0 Å². The van der Waals surface area contributed by atoms with Crippen LogP contribution >= 0.6 is 11.6 Å². The average molecular weight is 254 g/mol. The van der Waals surface area contributed by atoms with Crippen LogP contribution in [0.15, 0.2) is 24.3 Å². The molecule has 1 aliphatic rings. The Bertz CT molecular complexity index is 422. The van der Waals surface area contributed by atoms with Gasteiger partial charge in [0.1, 0.15) is 0 Å². The molecular weight excluding hydrogens is 238 g/mol. The molecule has 0 radical (unpaired) electrons. The third-order valence-corrected chi connectivity index (χ3v) is 3.78. The molecular formula is C13H16ClNO2. The number of benzene rings is 1. The van der Waals surface area contributed by atoms with Gasteiger partial charge in [-0.1, -0.05) is 29.8 Å². The number of carboxylic acids is 1. The van der Waals surface area contributed by atoms with Crippen LogP contribution in [0.3, 0.4) is 0 Å². The first kappa shape index (κ1) is 12.4. The van der Waals surface area contributed by atoms with E-state index in [1.54, 1.807) is 0 Å². The van der Waals surface area contributed by atoms with Gasteiger partial charge in [0.25, 0.3) is 0 Å². The maximum Gasteiger partial charge on any atom is 0.307 e. The Labute approximate surface area is 106 Å². The molecule has 1 aromatic rings. The average Bonchev–Trinajstić information content (AvgIpc) is 2.29. The largest absolute Gasteiger partial charge is 0.481 e. The smallest absolute Gasteiger partial charge is 0.307 e. The zero-order valence-corrected chi connectivity index (χ0v) is 10.5. The number of carboxylic acid groups (broad SMARTS) is 1. The molecule has 17 heavy (non-hydrogen) atoms. The molecule has 2 unspecified atom stereocenters. The lowest BCUT2D eigenvalue weighted by molar-refractivity contribution is -0.144. The number of nitrogens with zero attached hydrogens (tertiary/aromatic N) is 1. The molecule has 1 saturated heterocycles. The van der Waals surface area contributed by atoms with Crippen LogP contribution in [0.4, 0.5) is 0 Å². The van der Waals surface area contributed by atoms with Gasteiger partial charge in [0.15, 0.2) is 0 Å². The van der Waals surface area contributed by atoms with Crippen LogP contribution in [0.25, 0.3) is 0 Å². The lowest BCUT2D eigenvalue weighted by Gasteiger charge is -2.35. The molecule has 0 aliphatic carbocycles. The fraction of sp³-hybridized carbons (Fsp3) is 0.462. The number of hydrogen-bond donors (Lipinski definition) is 1. The number of carbonyl (C=O) groups is 1. The predicted molar refractivity (Wildman–Crippen MR) is 67.4 cm³/mol. The van der Waals surface area contributed by atoms with Gasteiger partial charge in [-0.2, -0.15) is 0 Å². The Morgan fingerprint density at radius 2 is 2.18 bits per heavy atom. The van der Waals surface area contributed by atoms with E-state index in [2.05, 4.69) is 4.90 Å². The zero-order valence-electron chi connectivity index (χ0n) is 9.77. The van der Waals surface area contributed by atoms with Gasteiger partial charge in [0.05, 0.1) is 5.92 Å². The first-order valence-corrected chi connectivity index (χ1v) is 6.13. The number of piperidine rings is 1. The summed E-state index contributed by atoms with van der Waals surface area (Å²) in [5.41, 5.74) is 0.952. The summed E-state index contributed by atoms with van der Waals surface area (Å²) in [6, 6.07) is 7.54. The van der Waals surface area contributed by atoms with Crippen molar-refractivity contribution in [1.82, 2.24) is 4.90 Å². The van der Waals surface area contributed by atoms with Crippen molar-refractivity contribution >= 4 is 17.6 Å². The molecule has 0 bridgehead atoms. The SMILES string of the molecule is CN1CCC(C(=O)O)C(c2ccccc2Cl)C1. The zero-order chi connectivity index (χ0) is 12.4. The van der Waals surface area contributed by atoms with Gasteiger partial charge in [-0.15, -0.1) is 0 Å². The van der Waals surface area contributed by atoms with E-state index in [1.165, 1.54) is 0 Å². The van der Waals surface area contributed by atoms with Crippen molar-refractivity contribution in [3.05, 3.63) is 34.9 Å². The Kier molecular flexibility index (Phi) is 3.69. The van der Waals surface area contributed by atoms with Crippen LogP contribution in [0, 0.1) is 5.92 Å². The highest BCUT2D eigenvalue weighted by molar-refractivity contribution is 6.31. The molecule has 1 fully saturated rings. The monoisotopic (exact) mass is 253 g/mol. The highest BCUT2D eigenvalue weighted by atomic mass is 35.5. The Morgan fingerprint density at radius 1 is 1.47 bits per heavy atom. The summed E-state index contributed by atoms with van der Waals surface area (Å²) in [6.45, 7) is 1.58. The molecule has 1 aliphatic heterocycles. The maximum absolute atomic E-state index is 11.3. The van der Waals surface area contributed by atoms with Crippen molar-refractivity contribution in [2.24, 2.45) is 5.92 Å². The van der Waals surface area contributed by atoms with Gasteiger partial charge in [-0.25, -0.2) is 0 Å². The Hall–Kier alpha value is -1.06. The van der Waals surface area contributed by atoms with Gasteiger partial charge >= 0.3 is 5.97 Å². The number of likely N-dealkylation sites (tertiary alicyclic amines) is 1. The van der Waals surface area contributed by atoms with Gasteiger partial charge in [-0.05, 0) is 31.6 Å². The maximum atomic E-state index is 11.3. The molecule has 92 valence electrons. The van der Waals surface area contributed by atoms with Crippen LogP contribution in [-0.2, 0) is 4.79 Å². The molecule has 3 nitrogen and oxygen atoms in total. The van der Waals surface area contributed by atoms with E-state index in [0.29, 0.717) is 11.4 Å². The van der Waals surface area contributed by atoms with E-state index in [0.717, 1.165) is 18.7 Å². The van der Waals surface area contributed by atoms with Gasteiger partial charge in [0, 0.05) is 17.5 Å². The van der Waals surface area contributed by atoms with E-state index in [-0.39, 0.29) is 11.8 Å². The van der Waals surface area contributed by atoms with Crippen molar-refractivity contribution < 1.29 is 9.90 Å². The van der Waals surface area contributed by atoms with Crippen molar-refractivity contribution in [1.29, 1.82) is 0 Å². The van der Waals surface area contributed by atoms with Crippen LogP contribution < -0.4 is 0 Å². The summed E-state index contributed by atoms with van der Waals surface area (Å²) in [5.74, 6) is -1.06. The summed E-state index contributed by atoms with van der Waals surface area (Å²) in [6.07, 6.45) is 0.682. The molecule has 0 saturated carbocycles. The minimum Gasteiger partial charge on any atom is -0.481 e. The van der Waals surface area contributed by atoms with Crippen LogP contribution in [-0.4, -0.2) is 36.1 Å². The molecule has 0 amide bonds. The molecule has 0 spiro atoms. The second-order valence-electron chi connectivity index (χ2n) is 4.62. The normalized spacial score (nSPS) is 25.8. The minimum absolute atomic E-state index is 0.0139. The standard InChI is InChI=1S/C13H16ClNO2/c1-15-7-6-10(13(16)17)11(8-15)9-4-2-3-5-12(9)14/h2-5,10-11H,6-8H2,1H3,(H,16,17). The number of aliphatic carboxylic acids is 1. The minimum atomic E-state index is -0.719. The number of hydrogen-bond acceptors (Lipinski definition) is 2. The van der Waals surface area contributed by atoms with E-state index >= 15 is 0 Å². The number of halogens is 1. The topological polar surface area (TPSA) is 40.5 Å². The lowest BCUT2D eigenvalue weighted by Crippen LogP contribution is -2.40. The summed E-state index contributed by atoms with van der Waals surface area (Å²) < 4.78 is 0. The van der Waals surface area contributed by atoms with Gasteiger partial charge in [0.2, 0.25) is 0 Å². The molecule has 0 aromatic heterocycles. The third kappa shape index (κ3) is 2.61. The summed E-state index contributed by atoms with van der Waals surface area (Å²) in [7, 11) is 2.02. The van der Waals surface area contributed by atoms with E-state index < -0.39 is 5.97 Å². The van der Waals surface area contributed by atoms with E-state index in [4.69, 9.17) is 11.6 Å². The third-order valence-electron chi connectivity index (χ3n) is 3.44. The molecule has 1 heterocycles. The molecule has 2 rings (SSSR count). The number of likely N-dealkylation sites (N-methyl/N-ethyl adjacent to an activating group) is 1. The van der Waals surface area contributed by atoms with Crippen molar-refractivity contribution in [3.8, 4) is 0 Å². The Morgan fingerprint density at radius 3 is 2.82 bits per heavy atom. The van der Waals surface area contributed by atoms with Crippen molar-refractivity contribution in [3.63, 3.8) is 0 Å². The van der Waals surface area contributed by atoms with E-state index in [9.17, 15) is 9.90 Å². The second kappa shape index (κ2) is 5.07. The number of rotatable bonds is 2. The first-order valence-electron chi connectivity index (χ1n) is 5.75. The fourth-order valence-corrected chi connectivity index (χ4v) is 2.78. The van der Waals surface area contributed by atoms with Crippen molar-refractivity contribution in [2.45, 2.75) is 12.3 Å². The highest BCUT2D eigenvalue weighted by Crippen LogP contribution is 2.35. The first-order chi connectivity index (χ1) is 8.09. The summed E-state index contributed by atoms with van der Waals surface area (Å²) in [5, 5.41) is 9.95. The fourth-order valence-electron chi connectivity index (χ4n) is 2.50. The quantitative estimate of drug-likeness (QED) is 0.880. The van der Waals surface area contributed by atoms with Gasteiger partial charge < -0.3 is 10.0 Å².